The summed E-state index contributed by atoms with van der Waals surface area (Å²) in [5, 5.41) is 0. The first-order chi connectivity index (χ1) is 9.08. The molecule has 0 fully saturated rings. The predicted octanol–water partition coefficient (Wildman–Crippen LogP) is 2.06. The second-order valence-electron chi connectivity index (χ2n) is 5.56. The minimum absolute atomic E-state index is 0.0733. The molecule has 0 spiro atoms. The number of methoxy groups -OCH3 is 1. The van der Waals surface area contributed by atoms with Gasteiger partial charge in [0.05, 0.1) is 17.6 Å². The van der Waals surface area contributed by atoms with Gasteiger partial charge in [-0.15, -0.1) is 0 Å². The molecule has 0 heterocycles. The number of anilines is 1. The summed E-state index contributed by atoms with van der Waals surface area (Å²) in [6, 6.07) is 4.73. The van der Waals surface area contributed by atoms with Gasteiger partial charge >= 0.3 is 0 Å². The maximum Gasteiger partial charge on any atom is 0.165 e. The Bertz CT molecular complexity index is 600. The van der Waals surface area contributed by atoms with Crippen LogP contribution in [0.4, 0.5) is 5.69 Å². The van der Waals surface area contributed by atoms with Crippen molar-refractivity contribution in [1.29, 1.82) is 0 Å². The highest BCUT2D eigenvalue weighted by Gasteiger charge is 2.29. The van der Waals surface area contributed by atoms with Crippen LogP contribution in [0.2, 0.25) is 0 Å². The van der Waals surface area contributed by atoms with E-state index in [1.54, 1.807) is 39.0 Å². The second-order valence-corrected chi connectivity index (χ2v) is 8.42. The fourth-order valence-corrected chi connectivity index (χ4v) is 2.66. The van der Waals surface area contributed by atoms with Crippen molar-refractivity contribution < 1.29 is 17.9 Å². The van der Waals surface area contributed by atoms with Crippen LogP contribution in [0, 0.1) is 0 Å². The lowest BCUT2D eigenvalue weighted by atomic mass is 10.1. The highest BCUT2D eigenvalue weighted by Crippen LogP contribution is 2.22. The molecule has 0 aliphatic carbocycles. The molecule has 6 heteroatoms. The Hall–Kier alpha value is -1.56. The molecule has 1 rings (SSSR count). The molecule has 112 valence electrons. The third kappa shape index (κ3) is 3.72. The summed E-state index contributed by atoms with van der Waals surface area (Å²) in [6.45, 7) is 4.86. The molecule has 0 aliphatic rings. The first-order valence-corrected chi connectivity index (χ1v) is 7.93. The van der Waals surface area contributed by atoms with Crippen LogP contribution in [-0.4, -0.2) is 31.8 Å². The minimum atomic E-state index is -3.31. The molecule has 0 aromatic heterocycles. The lowest BCUT2D eigenvalue weighted by Crippen LogP contribution is -2.31. The van der Waals surface area contributed by atoms with Crippen molar-refractivity contribution in [2.75, 3.05) is 18.6 Å². The van der Waals surface area contributed by atoms with Crippen LogP contribution in [0.3, 0.4) is 0 Å². The molecule has 0 radical (unpaired) electrons. The highest BCUT2D eigenvalue weighted by molar-refractivity contribution is 7.92. The maximum absolute atomic E-state index is 12.1. The lowest BCUT2D eigenvalue weighted by molar-refractivity contribution is 0.0989. The van der Waals surface area contributed by atoms with Crippen molar-refractivity contribution in [3.05, 3.63) is 23.8 Å². The van der Waals surface area contributed by atoms with Gasteiger partial charge in [0.25, 0.3) is 0 Å². The fraction of sp³-hybridized carbons (Fsp3) is 0.500. The SMILES string of the molecule is COc1ccc(C(=O)CCS(=O)(=O)C(C)(C)C)c(N)c1. The van der Waals surface area contributed by atoms with Crippen LogP contribution in [0.5, 0.6) is 5.75 Å². The summed E-state index contributed by atoms with van der Waals surface area (Å²) in [7, 11) is -1.81. The highest BCUT2D eigenvalue weighted by atomic mass is 32.2. The number of hydrogen-bond donors (Lipinski definition) is 1. The molecule has 2 N–H and O–H groups in total. The van der Waals surface area contributed by atoms with E-state index in [1.807, 2.05) is 0 Å². The van der Waals surface area contributed by atoms with Gasteiger partial charge in [-0.3, -0.25) is 4.79 Å². The summed E-state index contributed by atoms with van der Waals surface area (Å²) in [4.78, 5) is 12.1. The normalized spacial score (nSPS) is 12.2. The number of rotatable bonds is 5. The number of hydrogen-bond acceptors (Lipinski definition) is 5. The summed E-state index contributed by atoms with van der Waals surface area (Å²) >= 11 is 0. The van der Waals surface area contributed by atoms with Gasteiger partial charge in [0.15, 0.2) is 15.6 Å². The number of ether oxygens (including phenoxy) is 1. The Labute approximate surface area is 120 Å². The summed E-state index contributed by atoms with van der Waals surface area (Å²) < 4.78 is 28.1. The molecule has 5 nitrogen and oxygen atoms in total. The van der Waals surface area contributed by atoms with E-state index >= 15 is 0 Å². The monoisotopic (exact) mass is 299 g/mol. The molecule has 0 amide bonds. The molecule has 0 saturated heterocycles. The number of ketones is 1. The second kappa shape index (κ2) is 5.83. The van der Waals surface area contributed by atoms with E-state index in [0.717, 1.165) is 0 Å². The van der Waals surface area contributed by atoms with Gasteiger partial charge in [-0.25, -0.2) is 8.42 Å². The Morgan fingerprint density at radius 1 is 1.30 bits per heavy atom. The third-order valence-electron chi connectivity index (χ3n) is 3.09. The van der Waals surface area contributed by atoms with E-state index in [2.05, 4.69) is 0 Å². The standard InChI is InChI=1S/C14H21NO4S/c1-14(2,3)20(17,18)8-7-13(16)11-6-5-10(19-4)9-12(11)15/h5-6,9H,7-8,15H2,1-4H3. The van der Waals surface area contributed by atoms with Crippen LogP contribution < -0.4 is 10.5 Å². The Kier molecular flexibility index (Phi) is 4.81. The van der Waals surface area contributed by atoms with Crippen LogP contribution in [-0.2, 0) is 9.84 Å². The zero-order valence-corrected chi connectivity index (χ0v) is 13.1. The number of sulfone groups is 1. The first kappa shape index (κ1) is 16.5. The van der Waals surface area contributed by atoms with Gasteiger partial charge in [-0.05, 0) is 32.9 Å². The number of benzene rings is 1. The van der Waals surface area contributed by atoms with E-state index in [-0.39, 0.29) is 18.0 Å². The van der Waals surface area contributed by atoms with E-state index in [0.29, 0.717) is 17.0 Å². The smallest absolute Gasteiger partial charge is 0.165 e. The molecule has 0 aliphatic heterocycles. The average molecular weight is 299 g/mol. The predicted molar refractivity (Wildman–Crippen MR) is 79.9 cm³/mol. The topological polar surface area (TPSA) is 86.5 Å². The summed E-state index contributed by atoms with van der Waals surface area (Å²) in [5.74, 6) is 0.0974. The van der Waals surface area contributed by atoms with Gasteiger partial charge in [0.2, 0.25) is 0 Å². The molecule has 1 aromatic rings. The van der Waals surface area contributed by atoms with Gasteiger partial charge in [-0.1, -0.05) is 0 Å². The molecular formula is C14H21NO4S. The van der Waals surface area contributed by atoms with E-state index in [4.69, 9.17) is 10.5 Å². The van der Waals surface area contributed by atoms with Crippen molar-refractivity contribution in [3.8, 4) is 5.75 Å². The molecule has 0 bridgehead atoms. The molecular weight excluding hydrogens is 278 g/mol. The van der Waals surface area contributed by atoms with Gasteiger partial charge in [0.1, 0.15) is 5.75 Å². The molecule has 1 aromatic carbocycles. The van der Waals surface area contributed by atoms with Gasteiger partial charge < -0.3 is 10.5 Å². The van der Waals surface area contributed by atoms with Gasteiger partial charge in [0, 0.05) is 23.7 Å². The molecule has 0 saturated carbocycles. The number of Topliss-reactive ketones (excluding diaryl/α,β-unsaturated/α-hetero) is 1. The largest absolute Gasteiger partial charge is 0.497 e. The molecule has 0 unspecified atom stereocenters. The first-order valence-electron chi connectivity index (χ1n) is 6.27. The summed E-state index contributed by atoms with van der Waals surface area (Å²) in [5.41, 5.74) is 6.40. The van der Waals surface area contributed by atoms with Crippen molar-refractivity contribution in [2.24, 2.45) is 0 Å². The number of nitrogens with two attached hydrogens (primary N) is 1. The quantitative estimate of drug-likeness (QED) is 0.664. The number of carbonyl (C=O) groups excluding carboxylic acids is 1. The Morgan fingerprint density at radius 2 is 1.90 bits per heavy atom. The van der Waals surface area contributed by atoms with Crippen molar-refractivity contribution in [1.82, 2.24) is 0 Å². The average Bonchev–Trinajstić information content (AvgIpc) is 2.34. The number of nitrogen functional groups attached to an aromatic ring is 1. The Morgan fingerprint density at radius 3 is 2.35 bits per heavy atom. The van der Waals surface area contributed by atoms with Crippen molar-refractivity contribution >= 4 is 21.3 Å². The fourth-order valence-electron chi connectivity index (χ4n) is 1.59. The zero-order chi connectivity index (χ0) is 15.6. The molecule has 0 atom stereocenters. The van der Waals surface area contributed by atoms with Gasteiger partial charge in [-0.2, -0.15) is 0 Å². The van der Waals surface area contributed by atoms with Crippen molar-refractivity contribution in [3.63, 3.8) is 0 Å². The van der Waals surface area contributed by atoms with Crippen LogP contribution in [0.15, 0.2) is 18.2 Å². The van der Waals surface area contributed by atoms with E-state index in [1.165, 1.54) is 7.11 Å². The summed E-state index contributed by atoms with van der Waals surface area (Å²) in [6.07, 6.45) is -0.0733. The zero-order valence-electron chi connectivity index (χ0n) is 12.3. The van der Waals surface area contributed by atoms with Crippen LogP contribution >= 0.6 is 0 Å². The van der Waals surface area contributed by atoms with E-state index in [9.17, 15) is 13.2 Å². The Balaban J connectivity index is 2.84. The number of carbonyl (C=O) groups is 1. The van der Waals surface area contributed by atoms with Crippen LogP contribution in [0.25, 0.3) is 0 Å². The van der Waals surface area contributed by atoms with E-state index < -0.39 is 14.6 Å². The maximum atomic E-state index is 12.1. The lowest BCUT2D eigenvalue weighted by Gasteiger charge is -2.18. The minimum Gasteiger partial charge on any atom is -0.497 e. The third-order valence-corrected chi connectivity index (χ3v) is 5.70. The van der Waals surface area contributed by atoms with Crippen molar-refractivity contribution in [2.45, 2.75) is 31.9 Å². The molecule has 20 heavy (non-hydrogen) atoms. The van der Waals surface area contributed by atoms with Crippen LogP contribution in [0.1, 0.15) is 37.6 Å².